The molecule has 1 rings (SSSR count). The van der Waals surface area contributed by atoms with Crippen molar-refractivity contribution in [2.45, 2.75) is 20.8 Å². The molecule has 1 aromatic rings. The molecule has 0 amide bonds. The van der Waals surface area contributed by atoms with Gasteiger partial charge in [-0.05, 0) is 38.5 Å². The summed E-state index contributed by atoms with van der Waals surface area (Å²) in [6.07, 6.45) is 0. The number of nitrogens with one attached hydrogen (secondary N) is 1. The van der Waals surface area contributed by atoms with Crippen LogP contribution >= 0.6 is 0 Å². The van der Waals surface area contributed by atoms with E-state index < -0.39 is 5.78 Å². The largest absolute Gasteiger partial charge is 0.762 e. The number of hydrogen-bond acceptors (Lipinski definition) is 3. The maximum atomic E-state index is 10.9. The van der Waals surface area contributed by atoms with Crippen LogP contribution < -0.4 is 4.90 Å². The Morgan fingerprint density at radius 3 is 1.73 bits per heavy atom. The molecule has 0 atom stereocenters. The Morgan fingerprint density at radius 1 is 1.00 bits per heavy atom. The van der Waals surface area contributed by atoms with Gasteiger partial charge in [-0.15, -0.1) is 0 Å². The molecule has 0 spiro atoms. The standard InChI is InChI=1S/C11H4N3O.C6H15N/c12-5-10(6-13)8-1-3-9(4-2-8)11(15)7-14;1-4-7(5-2)6-3/h1-4H;4-6H2,1-3H3/q-1;/p+1. The summed E-state index contributed by atoms with van der Waals surface area (Å²) in [5, 5.41) is 25.5. The van der Waals surface area contributed by atoms with E-state index >= 15 is 0 Å². The number of allylic oxidation sites excluding steroid dienone is 1. The van der Waals surface area contributed by atoms with E-state index in [1.54, 1.807) is 16.8 Å². The molecular weight excluding hydrogens is 276 g/mol. The lowest BCUT2D eigenvalue weighted by Crippen LogP contribution is -3.11. The van der Waals surface area contributed by atoms with Gasteiger partial charge in [-0.25, -0.2) is 5.87 Å². The van der Waals surface area contributed by atoms with Crippen molar-refractivity contribution in [1.29, 1.82) is 10.5 Å². The van der Waals surface area contributed by atoms with E-state index in [1.807, 2.05) is 0 Å². The molecule has 1 aromatic carbocycles. The van der Waals surface area contributed by atoms with Gasteiger partial charge in [-0.2, -0.15) is 10.5 Å². The number of nitriles is 2. The summed E-state index contributed by atoms with van der Waals surface area (Å²) in [4.78, 5) is 12.6. The summed E-state index contributed by atoms with van der Waals surface area (Å²) in [6.45, 7) is 10.5. The molecule has 0 saturated heterocycles. The average molecular weight is 296 g/mol. The maximum Gasteiger partial charge on any atom is 0.262 e. The Balaban J connectivity index is 0.000000534. The van der Waals surface area contributed by atoms with Gasteiger partial charge < -0.3 is 10.3 Å². The van der Waals surface area contributed by atoms with Crippen molar-refractivity contribution < 1.29 is 9.69 Å². The van der Waals surface area contributed by atoms with Crippen molar-refractivity contribution in [2.24, 2.45) is 0 Å². The van der Waals surface area contributed by atoms with E-state index in [0.29, 0.717) is 5.56 Å². The third-order valence-corrected chi connectivity index (χ3v) is 3.26. The number of Topliss-reactive ketones (excluding diaryl/α,β-unsaturated/α-hetero) is 1. The van der Waals surface area contributed by atoms with E-state index in [0.717, 1.165) is 0 Å². The summed E-state index contributed by atoms with van der Waals surface area (Å²) in [5.41, 5.74) is 0.664. The van der Waals surface area contributed by atoms with E-state index in [1.165, 1.54) is 50.0 Å². The highest BCUT2D eigenvalue weighted by atomic mass is 16.1. The first-order chi connectivity index (χ1) is 10.6. The molecule has 0 heterocycles. The van der Waals surface area contributed by atoms with E-state index in [9.17, 15) is 4.79 Å². The number of rotatable bonds is 5. The molecular formula is C17H20N4O. The quantitative estimate of drug-likeness (QED) is 0.386. The minimum atomic E-state index is -0.642. The Morgan fingerprint density at radius 2 is 1.45 bits per heavy atom. The first-order valence-electron chi connectivity index (χ1n) is 7.13. The molecule has 114 valence electrons. The molecule has 0 unspecified atom stereocenters. The van der Waals surface area contributed by atoms with Crippen LogP contribution in [0.4, 0.5) is 0 Å². The topological polar surface area (TPSA) is 91.4 Å². The molecule has 0 bridgehead atoms. The molecule has 5 nitrogen and oxygen atoms in total. The Labute approximate surface area is 131 Å². The number of quaternary nitrogens is 1. The first-order valence-corrected chi connectivity index (χ1v) is 7.13. The Hall–Kier alpha value is -2.72. The van der Waals surface area contributed by atoms with Crippen LogP contribution in [0.1, 0.15) is 36.7 Å². The second-order valence-corrected chi connectivity index (χ2v) is 4.43. The second kappa shape index (κ2) is 11.0. The van der Waals surface area contributed by atoms with Gasteiger partial charge in [0.1, 0.15) is 12.1 Å². The van der Waals surface area contributed by atoms with Gasteiger partial charge in [0.25, 0.3) is 5.78 Å². The molecule has 0 aliphatic carbocycles. The van der Waals surface area contributed by atoms with Crippen molar-refractivity contribution in [3.8, 4) is 12.1 Å². The van der Waals surface area contributed by atoms with Crippen molar-refractivity contribution in [3.63, 3.8) is 0 Å². The zero-order valence-corrected chi connectivity index (χ0v) is 13.2. The van der Waals surface area contributed by atoms with Crippen LogP contribution in [0.2, 0.25) is 0 Å². The third kappa shape index (κ3) is 6.15. The van der Waals surface area contributed by atoms with Gasteiger partial charge in [-0.1, -0.05) is 12.1 Å². The fourth-order valence-corrected chi connectivity index (χ4v) is 1.76. The first kappa shape index (κ1) is 19.3. The molecule has 0 saturated carbocycles. The summed E-state index contributed by atoms with van der Waals surface area (Å²) >= 11 is 0. The SMILES string of the molecule is CC[NH+](CC)CC.N#CC(=O)c1ccc(C(=C=[N-])C#N)cc1. The van der Waals surface area contributed by atoms with Gasteiger partial charge in [0.2, 0.25) is 0 Å². The Kier molecular flexibility index (Phi) is 9.64. The second-order valence-electron chi connectivity index (χ2n) is 4.43. The molecule has 5 heteroatoms. The molecule has 1 N–H and O–H groups in total. The van der Waals surface area contributed by atoms with E-state index in [4.69, 9.17) is 15.9 Å². The lowest BCUT2D eigenvalue weighted by atomic mass is 10.0. The minimum absolute atomic E-state index is 0.0223. The van der Waals surface area contributed by atoms with Crippen molar-refractivity contribution >= 4 is 17.2 Å². The fraction of sp³-hybridized carbons (Fsp3) is 0.353. The number of carbonyl (C=O) groups is 1. The molecule has 22 heavy (non-hydrogen) atoms. The summed E-state index contributed by atoms with van der Waals surface area (Å²) < 4.78 is 0. The lowest BCUT2D eigenvalue weighted by molar-refractivity contribution is -0.894. The number of ketones is 1. The summed E-state index contributed by atoms with van der Waals surface area (Å²) in [7, 11) is 0. The average Bonchev–Trinajstić information content (AvgIpc) is 2.58. The summed E-state index contributed by atoms with van der Waals surface area (Å²) in [5.74, 6) is 1.09. The highest BCUT2D eigenvalue weighted by molar-refractivity contribution is 6.08. The van der Waals surface area contributed by atoms with Crippen LogP contribution in [-0.2, 0) is 0 Å². The zero-order valence-electron chi connectivity index (χ0n) is 13.2. The van der Waals surface area contributed by atoms with Crippen LogP contribution in [0.5, 0.6) is 0 Å². The van der Waals surface area contributed by atoms with E-state index in [-0.39, 0.29) is 11.1 Å². The Bertz CT molecular complexity index is 604. The highest BCUT2D eigenvalue weighted by Crippen LogP contribution is 2.12. The molecule has 0 aliphatic heterocycles. The van der Waals surface area contributed by atoms with Crippen molar-refractivity contribution in [2.75, 3.05) is 19.6 Å². The monoisotopic (exact) mass is 296 g/mol. The zero-order chi connectivity index (χ0) is 17.0. The predicted octanol–water partition coefficient (Wildman–Crippen LogP) is 1.47. The van der Waals surface area contributed by atoms with E-state index in [2.05, 4.69) is 20.8 Å². The van der Waals surface area contributed by atoms with Crippen LogP contribution in [0, 0.1) is 22.7 Å². The van der Waals surface area contributed by atoms with Crippen LogP contribution in [0.25, 0.3) is 11.0 Å². The predicted molar refractivity (Wildman–Crippen MR) is 86.4 cm³/mol. The van der Waals surface area contributed by atoms with Crippen molar-refractivity contribution in [1.82, 2.24) is 0 Å². The van der Waals surface area contributed by atoms with Gasteiger partial charge in [0.15, 0.2) is 0 Å². The normalized spacial score (nSPS) is 8.82. The van der Waals surface area contributed by atoms with Gasteiger partial charge in [-0.3, -0.25) is 4.79 Å². The maximum absolute atomic E-state index is 10.9. The number of hydrogen-bond donors (Lipinski definition) is 1. The summed E-state index contributed by atoms with van der Waals surface area (Å²) in [6, 6.07) is 8.97. The van der Waals surface area contributed by atoms with Crippen LogP contribution in [0.15, 0.2) is 24.3 Å². The number of carbonyl (C=O) groups excluding carboxylic acids is 1. The van der Waals surface area contributed by atoms with Crippen molar-refractivity contribution in [3.05, 3.63) is 40.8 Å². The fourth-order valence-electron chi connectivity index (χ4n) is 1.76. The van der Waals surface area contributed by atoms with Gasteiger partial charge >= 0.3 is 0 Å². The number of benzene rings is 1. The molecule has 0 aliphatic rings. The van der Waals surface area contributed by atoms with Crippen LogP contribution in [0.3, 0.4) is 0 Å². The minimum Gasteiger partial charge on any atom is -0.762 e. The lowest BCUT2D eigenvalue weighted by Gasteiger charge is -2.10. The number of nitrogens with zero attached hydrogens (tertiary/aromatic N) is 3. The third-order valence-electron chi connectivity index (χ3n) is 3.26. The molecule has 0 radical (unpaired) electrons. The molecule has 0 aromatic heterocycles. The van der Waals surface area contributed by atoms with Crippen LogP contribution in [-0.4, -0.2) is 31.3 Å². The van der Waals surface area contributed by atoms with Gasteiger partial charge in [0, 0.05) is 5.56 Å². The smallest absolute Gasteiger partial charge is 0.262 e. The highest BCUT2D eigenvalue weighted by Gasteiger charge is 2.04. The van der Waals surface area contributed by atoms with Gasteiger partial charge in [0.05, 0.1) is 25.2 Å². The molecule has 0 fully saturated rings.